The molecule has 1 saturated carbocycles. The molecule has 7 heteroatoms. The number of ether oxygens (including phenoxy) is 3. The van der Waals surface area contributed by atoms with Crippen molar-refractivity contribution in [3.63, 3.8) is 0 Å². The molecule has 0 unspecified atom stereocenters. The van der Waals surface area contributed by atoms with E-state index in [1.54, 1.807) is 0 Å². The molecule has 1 spiro atoms. The first-order valence-corrected chi connectivity index (χ1v) is 10.7. The highest BCUT2D eigenvalue weighted by molar-refractivity contribution is 5.82. The topological polar surface area (TPSA) is 109 Å². The Bertz CT molecular complexity index is 780. The average molecular weight is 421 g/mol. The number of rotatable bonds is 6. The predicted octanol–water partition coefficient (Wildman–Crippen LogP) is 1.42. The van der Waals surface area contributed by atoms with Crippen molar-refractivity contribution >= 4 is 5.97 Å². The third-order valence-electron chi connectivity index (χ3n) is 8.01. The molecule has 2 bridgehead atoms. The maximum Gasteiger partial charge on any atom is 0.331 e. The second kappa shape index (κ2) is 7.57. The summed E-state index contributed by atoms with van der Waals surface area (Å²) in [7, 11) is 0. The van der Waals surface area contributed by atoms with Crippen molar-refractivity contribution < 1.29 is 34.3 Å². The number of fused-ring (bicyclic) bond motifs is 2. The highest BCUT2D eigenvalue weighted by Crippen LogP contribution is 2.71. The number of carbonyl (C=O) groups is 1. The number of aliphatic hydroxyl groups excluding tert-OH is 3. The lowest BCUT2D eigenvalue weighted by molar-refractivity contribution is -0.209. The van der Waals surface area contributed by atoms with Crippen LogP contribution in [0.1, 0.15) is 40.0 Å². The molecule has 166 valence electrons. The van der Waals surface area contributed by atoms with Crippen LogP contribution in [0, 0.1) is 10.8 Å². The van der Waals surface area contributed by atoms with Gasteiger partial charge in [-0.2, -0.15) is 0 Å². The van der Waals surface area contributed by atoms with Crippen LogP contribution in [0.25, 0.3) is 0 Å². The van der Waals surface area contributed by atoms with E-state index < -0.39 is 29.2 Å². The molecule has 30 heavy (non-hydrogen) atoms. The van der Waals surface area contributed by atoms with Gasteiger partial charge in [-0.1, -0.05) is 38.2 Å². The first-order chi connectivity index (χ1) is 14.2. The number of aliphatic hydroxyl groups is 3. The molecule has 3 N–H and O–H groups in total. The Balaban J connectivity index is 1.52. The summed E-state index contributed by atoms with van der Waals surface area (Å²) < 4.78 is 18.3. The third-order valence-corrected chi connectivity index (χ3v) is 8.01. The van der Waals surface area contributed by atoms with Gasteiger partial charge in [-0.15, -0.1) is 0 Å². The molecular weight excluding hydrogens is 388 g/mol. The minimum Gasteiger partial charge on any atom is -0.458 e. The second-order valence-electron chi connectivity index (χ2n) is 9.46. The van der Waals surface area contributed by atoms with Crippen LogP contribution in [0.5, 0.6) is 0 Å². The fourth-order valence-electron chi connectivity index (χ4n) is 5.72. The Kier molecular flexibility index (Phi) is 5.48. The highest BCUT2D eigenvalue weighted by Gasteiger charge is 2.81. The molecule has 4 rings (SSSR count). The highest BCUT2D eigenvalue weighted by atomic mass is 16.6. The number of hydrogen-bond acceptors (Lipinski definition) is 7. The molecule has 2 aliphatic carbocycles. The molecule has 0 aromatic carbocycles. The molecule has 0 aromatic rings. The summed E-state index contributed by atoms with van der Waals surface area (Å²) >= 11 is 0. The zero-order valence-corrected chi connectivity index (χ0v) is 17.8. The summed E-state index contributed by atoms with van der Waals surface area (Å²) in [6.07, 6.45) is 7.53. The minimum atomic E-state index is -0.984. The van der Waals surface area contributed by atoms with E-state index in [2.05, 4.69) is 13.8 Å². The van der Waals surface area contributed by atoms with Gasteiger partial charge < -0.3 is 29.5 Å². The Morgan fingerprint density at radius 3 is 2.73 bits per heavy atom. The Labute approximate surface area is 177 Å². The Hall–Kier alpha value is -1.51. The van der Waals surface area contributed by atoms with Crippen LogP contribution in [0.3, 0.4) is 0 Å². The van der Waals surface area contributed by atoms with Crippen LogP contribution in [0.2, 0.25) is 0 Å². The van der Waals surface area contributed by atoms with Crippen molar-refractivity contribution in [2.75, 3.05) is 13.2 Å². The van der Waals surface area contributed by atoms with Gasteiger partial charge in [0.25, 0.3) is 0 Å². The molecule has 0 amide bonds. The van der Waals surface area contributed by atoms with E-state index in [9.17, 15) is 20.1 Å². The minimum absolute atomic E-state index is 0.0411. The van der Waals surface area contributed by atoms with Crippen molar-refractivity contribution in [3.8, 4) is 0 Å². The van der Waals surface area contributed by atoms with Crippen molar-refractivity contribution in [1.29, 1.82) is 0 Å². The van der Waals surface area contributed by atoms with Gasteiger partial charge in [-0.05, 0) is 25.3 Å². The summed E-state index contributed by atoms with van der Waals surface area (Å²) in [4.78, 5) is 12.5. The molecular formula is C23H32O7. The van der Waals surface area contributed by atoms with Gasteiger partial charge >= 0.3 is 5.97 Å². The summed E-state index contributed by atoms with van der Waals surface area (Å²) in [5.41, 5.74) is -0.0904. The first kappa shape index (κ1) is 21.7. The van der Waals surface area contributed by atoms with Crippen LogP contribution in [0.15, 0.2) is 36.0 Å². The van der Waals surface area contributed by atoms with Gasteiger partial charge in [0, 0.05) is 23.3 Å². The van der Waals surface area contributed by atoms with Crippen LogP contribution in [-0.4, -0.2) is 70.6 Å². The fourth-order valence-corrected chi connectivity index (χ4v) is 5.72. The maximum absolute atomic E-state index is 12.5. The van der Waals surface area contributed by atoms with Gasteiger partial charge in [0.2, 0.25) is 0 Å². The number of esters is 1. The third kappa shape index (κ3) is 3.10. The van der Waals surface area contributed by atoms with Crippen molar-refractivity contribution in [1.82, 2.24) is 0 Å². The molecule has 0 radical (unpaired) electrons. The number of epoxide rings is 1. The number of hydrogen-bond donors (Lipinski definition) is 3. The normalized spacial score (nSPS) is 44.2. The molecule has 4 aliphatic rings. The van der Waals surface area contributed by atoms with E-state index in [-0.39, 0.29) is 30.3 Å². The molecule has 7 nitrogen and oxygen atoms in total. The molecule has 2 heterocycles. The lowest BCUT2D eigenvalue weighted by Gasteiger charge is -2.57. The Morgan fingerprint density at radius 2 is 2.10 bits per heavy atom. The van der Waals surface area contributed by atoms with E-state index in [0.717, 1.165) is 18.4 Å². The van der Waals surface area contributed by atoms with Crippen molar-refractivity contribution in [2.45, 2.75) is 76.2 Å². The lowest BCUT2D eigenvalue weighted by Crippen LogP contribution is -2.63. The average Bonchev–Trinajstić information content (AvgIpc) is 3.48. The summed E-state index contributed by atoms with van der Waals surface area (Å²) in [6.45, 7) is 6.48. The molecule has 8 atom stereocenters. The number of carbonyl (C=O) groups excluding carboxylic acids is 1. The maximum atomic E-state index is 12.5. The fraction of sp³-hybridized carbons (Fsp3) is 0.696. The first-order valence-electron chi connectivity index (χ1n) is 10.7. The smallest absolute Gasteiger partial charge is 0.331 e. The van der Waals surface area contributed by atoms with Crippen LogP contribution >= 0.6 is 0 Å². The lowest BCUT2D eigenvalue weighted by atomic mass is 9.52. The molecule has 2 aliphatic heterocycles. The van der Waals surface area contributed by atoms with Crippen molar-refractivity contribution in [3.05, 3.63) is 36.0 Å². The van der Waals surface area contributed by atoms with Gasteiger partial charge in [0.05, 0.1) is 37.6 Å². The zero-order chi connectivity index (χ0) is 21.7. The van der Waals surface area contributed by atoms with E-state index in [4.69, 9.17) is 14.2 Å². The van der Waals surface area contributed by atoms with Gasteiger partial charge in [0.1, 0.15) is 11.7 Å². The quantitative estimate of drug-likeness (QED) is 0.196. The molecule has 2 saturated heterocycles. The summed E-state index contributed by atoms with van der Waals surface area (Å²) in [5, 5.41) is 28.4. The largest absolute Gasteiger partial charge is 0.458 e. The SMILES string of the molecule is C[C@@H](O)[C@@H](O)/C=C/C=C\C(=O)O[C@@H]1C[C@H]2O[C@@H]3C=C(CO)CC[C@]3(C)[C@]1(C)[C@]21CO1. The van der Waals surface area contributed by atoms with E-state index in [1.165, 1.54) is 31.2 Å². The molecule has 0 aromatic heterocycles. The Morgan fingerprint density at radius 1 is 1.37 bits per heavy atom. The molecule has 3 fully saturated rings. The summed E-state index contributed by atoms with van der Waals surface area (Å²) in [6, 6.07) is 0. The van der Waals surface area contributed by atoms with Gasteiger partial charge in [-0.3, -0.25) is 0 Å². The monoisotopic (exact) mass is 420 g/mol. The predicted molar refractivity (Wildman–Crippen MR) is 108 cm³/mol. The van der Waals surface area contributed by atoms with E-state index >= 15 is 0 Å². The standard InChI is InChI=1S/C23H32O7/c1-14(25)16(26)6-4-5-7-20(27)30-18-11-19-23(13-28-23)22(18,3)21(2)9-8-15(12-24)10-17(21)29-19/h4-7,10,14,16-19,24-26H,8-9,11-13H2,1-3H3/b6-4+,7-5-/t14-,16+,17-,18-,19-,21+,22-,23+/m1/s1. The summed E-state index contributed by atoms with van der Waals surface area (Å²) in [5.74, 6) is -0.455. The van der Waals surface area contributed by atoms with E-state index in [1.807, 2.05) is 6.08 Å². The van der Waals surface area contributed by atoms with Crippen LogP contribution in [0.4, 0.5) is 0 Å². The van der Waals surface area contributed by atoms with Crippen molar-refractivity contribution in [2.24, 2.45) is 10.8 Å². The van der Waals surface area contributed by atoms with E-state index in [0.29, 0.717) is 13.0 Å². The zero-order valence-electron chi connectivity index (χ0n) is 17.8. The van der Waals surface area contributed by atoms with Gasteiger partial charge in [0.15, 0.2) is 0 Å². The number of allylic oxidation sites excluding steroid dienone is 2. The second-order valence-corrected chi connectivity index (χ2v) is 9.46. The van der Waals surface area contributed by atoms with Crippen LogP contribution < -0.4 is 0 Å². The van der Waals surface area contributed by atoms with Gasteiger partial charge in [-0.25, -0.2) is 4.79 Å². The van der Waals surface area contributed by atoms with Crippen LogP contribution in [-0.2, 0) is 19.0 Å².